The fraction of sp³-hybridized carbons (Fsp3) is 0.733. The molecule has 0 spiro atoms. The number of nitrogens with one attached hydrogen (secondary N) is 1. The van der Waals surface area contributed by atoms with E-state index in [2.05, 4.69) is 17.2 Å². The van der Waals surface area contributed by atoms with Gasteiger partial charge in [0.15, 0.2) is 0 Å². The molecular formula is C15H27N3O3S. The minimum atomic E-state index is -0.496. The summed E-state index contributed by atoms with van der Waals surface area (Å²) in [6.07, 6.45) is 1.48. The second-order valence-corrected chi connectivity index (χ2v) is 6.93. The molecule has 126 valence electrons. The predicted molar refractivity (Wildman–Crippen MR) is 88.2 cm³/mol. The molecule has 0 aliphatic carbocycles. The lowest BCUT2D eigenvalue weighted by atomic mass is 10.2. The van der Waals surface area contributed by atoms with Crippen LogP contribution in [0.1, 0.15) is 38.7 Å². The summed E-state index contributed by atoms with van der Waals surface area (Å²) in [5.74, 6) is 0. The molecule has 1 rings (SSSR count). The fourth-order valence-electron chi connectivity index (χ4n) is 1.77. The zero-order valence-electron chi connectivity index (χ0n) is 14.1. The zero-order valence-corrected chi connectivity index (χ0v) is 14.9. The lowest BCUT2D eigenvalue weighted by Gasteiger charge is -2.27. The Hall–Kier alpha value is -1.18. The molecule has 1 atom stereocenters. The van der Waals surface area contributed by atoms with Gasteiger partial charge in [0.05, 0.1) is 12.6 Å². The molecule has 0 radical (unpaired) electrons. The molecule has 1 aromatic rings. The molecule has 7 heteroatoms. The molecule has 0 aromatic carbocycles. The topological polar surface area (TPSA) is 63.7 Å². The number of methoxy groups -OCH3 is 1. The Balaban J connectivity index is 2.45. The van der Waals surface area contributed by atoms with Crippen LogP contribution in [-0.4, -0.2) is 54.9 Å². The van der Waals surface area contributed by atoms with Crippen molar-refractivity contribution in [3.8, 4) is 0 Å². The van der Waals surface area contributed by atoms with Crippen molar-refractivity contribution in [2.24, 2.45) is 0 Å². The first kappa shape index (κ1) is 18.9. The van der Waals surface area contributed by atoms with Crippen LogP contribution in [0, 0.1) is 0 Å². The molecule has 1 aromatic heterocycles. The van der Waals surface area contributed by atoms with Gasteiger partial charge in [-0.1, -0.05) is 0 Å². The van der Waals surface area contributed by atoms with E-state index in [1.165, 1.54) is 0 Å². The molecule has 0 saturated heterocycles. The Kier molecular flexibility index (Phi) is 7.78. The SMILES string of the molecule is COCCN(CCNC(C)c1nccs1)C(=O)OC(C)(C)C. The third-order valence-corrected chi connectivity index (χ3v) is 3.83. The molecule has 0 aliphatic heterocycles. The molecule has 6 nitrogen and oxygen atoms in total. The largest absolute Gasteiger partial charge is 0.444 e. The number of ether oxygens (including phenoxy) is 2. The molecule has 1 amide bonds. The van der Waals surface area contributed by atoms with Crippen LogP contribution in [0.2, 0.25) is 0 Å². The first-order valence-electron chi connectivity index (χ1n) is 7.43. The van der Waals surface area contributed by atoms with Crippen LogP contribution < -0.4 is 5.32 Å². The smallest absolute Gasteiger partial charge is 0.410 e. The summed E-state index contributed by atoms with van der Waals surface area (Å²) in [7, 11) is 1.62. The number of carbonyl (C=O) groups is 1. The van der Waals surface area contributed by atoms with Gasteiger partial charge in [0.1, 0.15) is 10.6 Å². The van der Waals surface area contributed by atoms with E-state index in [-0.39, 0.29) is 12.1 Å². The predicted octanol–water partition coefficient (Wildman–Crippen LogP) is 2.68. The van der Waals surface area contributed by atoms with Crippen LogP contribution in [0.4, 0.5) is 4.79 Å². The van der Waals surface area contributed by atoms with E-state index in [4.69, 9.17) is 9.47 Å². The van der Waals surface area contributed by atoms with Crippen LogP contribution in [0.25, 0.3) is 0 Å². The number of thiazole rings is 1. The third-order valence-electron chi connectivity index (χ3n) is 2.87. The molecule has 1 heterocycles. The summed E-state index contributed by atoms with van der Waals surface area (Å²) in [5.41, 5.74) is -0.496. The van der Waals surface area contributed by atoms with Gasteiger partial charge in [-0.25, -0.2) is 9.78 Å². The highest BCUT2D eigenvalue weighted by Crippen LogP contribution is 2.14. The van der Waals surface area contributed by atoms with Gasteiger partial charge in [0.25, 0.3) is 0 Å². The van der Waals surface area contributed by atoms with Crippen LogP contribution in [0.3, 0.4) is 0 Å². The summed E-state index contributed by atoms with van der Waals surface area (Å²) >= 11 is 1.62. The number of rotatable bonds is 8. The van der Waals surface area contributed by atoms with Crippen molar-refractivity contribution in [3.63, 3.8) is 0 Å². The van der Waals surface area contributed by atoms with Gasteiger partial charge in [0, 0.05) is 38.3 Å². The summed E-state index contributed by atoms with van der Waals surface area (Å²) in [6.45, 7) is 9.88. The highest BCUT2D eigenvalue weighted by atomic mass is 32.1. The lowest BCUT2D eigenvalue weighted by Crippen LogP contribution is -2.42. The molecule has 0 fully saturated rings. The van der Waals surface area contributed by atoms with Crippen molar-refractivity contribution >= 4 is 17.4 Å². The molecular weight excluding hydrogens is 302 g/mol. The maximum atomic E-state index is 12.2. The number of hydrogen-bond donors (Lipinski definition) is 1. The number of carbonyl (C=O) groups excluding carboxylic acids is 1. The van der Waals surface area contributed by atoms with Crippen molar-refractivity contribution in [1.82, 2.24) is 15.2 Å². The number of nitrogens with zero attached hydrogens (tertiary/aromatic N) is 2. The Labute approximate surface area is 136 Å². The van der Waals surface area contributed by atoms with Gasteiger partial charge in [-0.15, -0.1) is 11.3 Å². The second-order valence-electron chi connectivity index (χ2n) is 6.01. The lowest BCUT2D eigenvalue weighted by molar-refractivity contribution is 0.0203. The van der Waals surface area contributed by atoms with Gasteiger partial charge in [0.2, 0.25) is 0 Å². The molecule has 1 N–H and O–H groups in total. The first-order valence-corrected chi connectivity index (χ1v) is 8.31. The van der Waals surface area contributed by atoms with E-state index in [1.807, 2.05) is 26.2 Å². The number of amides is 1. The van der Waals surface area contributed by atoms with Crippen molar-refractivity contribution in [1.29, 1.82) is 0 Å². The van der Waals surface area contributed by atoms with Crippen molar-refractivity contribution in [2.45, 2.75) is 39.3 Å². The quantitative estimate of drug-likeness (QED) is 0.794. The monoisotopic (exact) mass is 329 g/mol. The molecule has 22 heavy (non-hydrogen) atoms. The van der Waals surface area contributed by atoms with Gasteiger partial charge in [-0.2, -0.15) is 0 Å². The maximum Gasteiger partial charge on any atom is 0.410 e. The minimum Gasteiger partial charge on any atom is -0.444 e. The highest BCUT2D eigenvalue weighted by molar-refractivity contribution is 7.09. The van der Waals surface area contributed by atoms with E-state index in [1.54, 1.807) is 29.5 Å². The van der Waals surface area contributed by atoms with Gasteiger partial charge in [-0.05, 0) is 27.7 Å². The third kappa shape index (κ3) is 7.20. The van der Waals surface area contributed by atoms with E-state index in [9.17, 15) is 4.79 Å². The normalized spacial score (nSPS) is 13.0. The Morgan fingerprint density at radius 3 is 2.73 bits per heavy atom. The van der Waals surface area contributed by atoms with Crippen LogP contribution >= 0.6 is 11.3 Å². The van der Waals surface area contributed by atoms with Crippen LogP contribution in [-0.2, 0) is 9.47 Å². The minimum absolute atomic E-state index is 0.169. The summed E-state index contributed by atoms with van der Waals surface area (Å²) < 4.78 is 10.5. The average Bonchev–Trinajstić information content (AvgIpc) is 2.94. The maximum absolute atomic E-state index is 12.2. The number of hydrogen-bond acceptors (Lipinski definition) is 6. The molecule has 0 saturated carbocycles. The van der Waals surface area contributed by atoms with E-state index in [0.717, 1.165) is 5.01 Å². The van der Waals surface area contributed by atoms with Crippen molar-refractivity contribution in [2.75, 3.05) is 33.4 Å². The second kappa shape index (κ2) is 9.07. The molecule has 1 unspecified atom stereocenters. The first-order chi connectivity index (χ1) is 10.3. The summed E-state index contributed by atoms with van der Waals surface area (Å²) in [5, 5.41) is 6.37. The van der Waals surface area contributed by atoms with Gasteiger partial charge in [-0.3, -0.25) is 0 Å². The fourth-order valence-corrected chi connectivity index (χ4v) is 2.44. The summed E-state index contributed by atoms with van der Waals surface area (Å²) in [4.78, 5) is 18.1. The Morgan fingerprint density at radius 2 is 2.18 bits per heavy atom. The van der Waals surface area contributed by atoms with Crippen LogP contribution in [0.15, 0.2) is 11.6 Å². The standard InChI is InChI=1S/C15H27N3O3S/c1-12(13-17-7-11-22-13)16-6-8-18(9-10-20-5)14(19)21-15(2,3)4/h7,11-12,16H,6,8-10H2,1-5H3. The highest BCUT2D eigenvalue weighted by Gasteiger charge is 2.21. The van der Waals surface area contributed by atoms with E-state index < -0.39 is 5.60 Å². The zero-order chi connectivity index (χ0) is 16.6. The van der Waals surface area contributed by atoms with Gasteiger partial charge >= 0.3 is 6.09 Å². The van der Waals surface area contributed by atoms with Crippen LogP contribution in [0.5, 0.6) is 0 Å². The Bertz CT molecular complexity index is 432. The average molecular weight is 329 g/mol. The molecule has 0 bridgehead atoms. The van der Waals surface area contributed by atoms with Gasteiger partial charge < -0.3 is 19.7 Å². The number of aromatic nitrogens is 1. The molecule has 0 aliphatic rings. The Morgan fingerprint density at radius 1 is 1.45 bits per heavy atom. The van der Waals surface area contributed by atoms with Crippen molar-refractivity contribution in [3.05, 3.63) is 16.6 Å². The summed E-state index contributed by atoms with van der Waals surface area (Å²) in [6, 6.07) is 0.169. The van der Waals surface area contributed by atoms with Crippen molar-refractivity contribution < 1.29 is 14.3 Å². The van der Waals surface area contributed by atoms with E-state index >= 15 is 0 Å². The van der Waals surface area contributed by atoms with E-state index in [0.29, 0.717) is 26.2 Å².